The van der Waals surface area contributed by atoms with Crippen LogP contribution in [0.2, 0.25) is 0 Å². The van der Waals surface area contributed by atoms with Gasteiger partial charge in [-0.25, -0.2) is 4.79 Å². The molecule has 0 amide bonds. The molecule has 4 unspecified atom stereocenters. The third-order valence-electron chi connectivity index (χ3n) is 5.22. The number of hydrogen-bond donors (Lipinski definition) is 3. The van der Waals surface area contributed by atoms with Crippen molar-refractivity contribution in [1.29, 1.82) is 0 Å². The SMILES string of the molecule is CCCCCCCCCCOC1C(O)C(CO)OC1n1cc(C)c(=O)[nH]c1=O. The number of aromatic amines is 1. The maximum Gasteiger partial charge on any atom is 0.330 e. The molecule has 2 rings (SSSR count). The number of aryl methyl sites for hydroxylation is 1. The first-order valence-electron chi connectivity index (χ1n) is 10.4. The fraction of sp³-hybridized carbons (Fsp3) is 0.800. The van der Waals surface area contributed by atoms with Gasteiger partial charge in [0.2, 0.25) is 0 Å². The van der Waals surface area contributed by atoms with E-state index in [9.17, 15) is 19.8 Å². The molecule has 4 atom stereocenters. The molecule has 0 radical (unpaired) electrons. The van der Waals surface area contributed by atoms with E-state index in [4.69, 9.17) is 9.47 Å². The summed E-state index contributed by atoms with van der Waals surface area (Å²) in [4.78, 5) is 26.0. The summed E-state index contributed by atoms with van der Waals surface area (Å²) in [6.45, 7) is 3.84. The summed E-state index contributed by atoms with van der Waals surface area (Å²) in [5.74, 6) is 0. The third kappa shape index (κ3) is 6.01. The van der Waals surface area contributed by atoms with E-state index >= 15 is 0 Å². The number of aliphatic hydroxyl groups excluding tert-OH is 2. The summed E-state index contributed by atoms with van der Waals surface area (Å²) in [6.07, 6.45) is 7.17. The smallest absolute Gasteiger partial charge is 0.330 e. The zero-order chi connectivity index (χ0) is 20.5. The Bertz CT molecular complexity index is 701. The number of aromatic nitrogens is 2. The maximum atomic E-state index is 12.2. The van der Waals surface area contributed by atoms with Crippen LogP contribution in [0.4, 0.5) is 0 Å². The van der Waals surface area contributed by atoms with Crippen molar-refractivity contribution >= 4 is 0 Å². The highest BCUT2D eigenvalue weighted by atomic mass is 16.6. The fourth-order valence-electron chi connectivity index (χ4n) is 3.50. The molecule has 160 valence electrons. The standard InChI is InChI=1S/C20H34N2O6/c1-3-4-5-6-7-8-9-10-11-27-17-16(24)15(13-23)28-19(17)22-12-14(2)18(25)21-20(22)26/h12,15-17,19,23-24H,3-11,13H2,1-2H3,(H,21,25,26). The van der Waals surface area contributed by atoms with E-state index in [0.29, 0.717) is 12.2 Å². The third-order valence-corrected chi connectivity index (χ3v) is 5.22. The number of aliphatic hydroxyl groups is 2. The predicted octanol–water partition coefficient (Wildman–Crippen LogP) is 1.62. The van der Waals surface area contributed by atoms with Crippen molar-refractivity contribution in [2.75, 3.05) is 13.2 Å². The van der Waals surface area contributed by atoms with Crippen LogP contribution in [0.1, 0.15) is 70.1 Å². The van der Waals surface area contributed by atoms with Gasteiger partial charge < -0.3 is 19.7 Å². The highest BCUT2D eigenvalue weighted by Crippen LogP contribution is 2.31. The molecule has 1 fully saturated rings. The summed E-state index contributed by atoms with van der Waals surface area (Å²) in [5.41, 5.74) is -0.742. The van der Waals surface area contributed by atoms with Gasteiger partial charge in [0.25, 0.3) is 5.56 Å². The molecular weight excluding hydrogens is 364 g/mol. The topological polar surface area (TPSA) is 114 Å². The highest BCUT2D eigenvalue weighted by Gasteiger charge is 2.45. The maximum absolute atomic E-state index is 12.2. The van der Waals surface area contributed by atoms with Crippen molar-refractivity contribution < 1.29 is 19.7 Å². The van der Waals surface area contributed by atoms with Crippen LogP contribution in [0, 0.1) is 6.92 Å². The second kappa shape index (κ2) is 11.5. The first-order chi connectivity index (χ1) is 13.5. The van der Waals surface area contributed by atoms with Gasteiger partial charge in [-0.1, -0.05) is 51.9 Å². The summed E-state index contributed by atoms with van der Waals surface area (Å²) >= 11 is 0. The van der Waals surface area contributed by atoms with Crippen molar-refractivity contribution in [2.24, 2.45) is 0 Å². The average Bonchev–Trinajstić information content (AvgIpc) is 2.99. The van der Waals surface area contributed by atoms with Crippen LogP contribution in [0.5, 0.6) is 0 Å². The fourth-order valence-corrected chi connectivity index (χ4v) is 3.50. The minimum atomic E-state index is -1.05. The molecule has 0 spiro atoms. The Labute approximate surface area is 165 Å². The van der Waals surface area contributed by atoms with Crippen LogP contribution in [0.15, 0.2) is 15.8 Å². The largest absolute Gasteiger partial charge is 0.394 e. The lowest BCUT2D eigenvalue weighted by Crippen LogP contribution is -2.40. The lowest BCUT2D eigenvalue weighted by molar-refractivity contribution is -0.0750. The van der Waals surface area contributed by atoms with Gasteiger partial charge in [0.05, 0.1) is 6.61 Å². The molecule has 3 N–H and O–H groups in total. The molecule has 0 saturated carbocycles. The molecule has 28 heavy (non-hydrogen) atoms. The van der Waals surface area contributed by atoms with E-state index in [1.54, 1.807) is 6.92 Å². The molecule has 0 aromatic carbocycles. The van der Waals surface area contributed by atoms with E-state index in [-0.39, 0.29) is 6.61 Å². The highest BCUT2D eigenvalue weighted by molar-refractivity contribution is 5.03. The monoisotopic (exact) mass is 398 g/mol. The summed E-state index contributed by atoms with van der Waals surface area (Å²) < 4.78 is 12.7. The molecule has 1 aliphatic rings. The van der Waals surface area contributed by atoms with Crippen LogP contribution < -0.4 is 11.2 Å². The van der Waals surface area contributed by atoms with Crippen LogP contribution in [-0.2, 0) is 9.47 Å². The number of ether oxygens (including phenoxy) is 2. The number of rotatable bonds is 12. The molecule has 0 aliphatic carbocycles. The number of nitrogens with zero attached hydrogens (tertiary/aromatic N) is 1. The quantitative estimate of drug-likeness (QED) is 0.461. The Morgan fingerprint density at radius 1 is 1.14 bits per heavy atom. The Hall–Kier alpha value is -1.48. The predicted molar refractivity (Wildman–Crippen MR) is 105 cm³/mol. The average molecular weight is 399 g/mol. The van der Waals surface area contributed by atoms with Crippen molar-refractivity contribution in [3.63, 3.8) is 0 Å². The van der Waals surface area contributed by atoms with Crippen LogP contribution >= 0.6 is 0 Å². The molecule has 8 heteroatoms. The lowest BCUT2D eigenvalue weighted by atomic mass is 10.1. The van der Waals surface area contributed by atoms with Crippen molar-refractivity contribution in [3.05, 3.63) is 32.6 Å². The molecule has 1 saturated heterocycles. The van der Waals surface area contributed by atoms with E-state index in [0.717, 1.165) is 19.3 Å². The number of H-pyrrole nitrogens is 1. The minimum Gasteiger partial charge on any atom is -0.394 e. The van der Waals surface area contributed by atoms with Gasteiger partial charge in [0.1, 0.15) is 18.3 Å². The van der Waals surface area contributed by atoms with Gasteiger partial charge in [-0.2, -0.15) is 0 Å². The molecular formula is C20H34N2O6. The van der Waals surface area contributed by atoms with Crippen molar-refractivity contribution in [1.82, 2.24) is 9.55 Å². The van der Waals surface area contributed by atoms with E-state index in [1.807, 2.05) is 0 Å². The van der Waals surface area contributed by atoms with E-state index < -0.39 is 35.8 Å². The van der Waals surface area contributed by atoms with Gasteiger partial charge >= 0.3 is 5.69 Å². The van der Waals surface area contributed by atoms with Crippen molar-refractivity contribution in [3.8, 4) is 0 Å². The number of hydrogen-bond acceptors (Lipinski definition) is 6. The summed E-state index contributed by atoms with van der Waals surface area (Å²) in [6, 6.07) is 0. The van der Waals surface area contributed by atoms with Gasteiger partial charge in [0, 0.05) is 18.4 Å². The normalized spacial score (nSPS) is 24.7. The summed E-state index contributed by atoms with van der Waals surface area (Å²) in [7, 11) is 0. The van der Waals surface area contributed by atoms with Gasteiger partial charge in [0.15, 0.2) is 6.23 Å². The Kier molecular flexibility index (Phi) is 9.37. The van der Waals surface area contributed by atoms with E-state index in [1.165, 1.54) is 42.9 Å². The first-order valence-corrected chi connectivity index (χ1v) is 10.4. The minimum absolute atomic E-state index is 0.354. The van der Waals surface area contributed by atoms with Gasteiger partial charge in [-0.3, -0.25) is 14.3 Å². The van der Waals surface area contributed by atoms with Crippen LogP contribution in [-0.4, -0.2) is 51.3 Å². The molecule has 1 aliphatic heterocycles. The van der Waals surface area contributed by atoms with Crippen LogP contribution in [0.3, 0.4) is 0 Å². The number of unbranched alkanes of at least 4 members (excludes halogenated alkanes) is 7. The zero-order valence-electron chi connectivity index (χ0n) is 16.9. The van der Waals surface area contributed by atoms with Gasteiger partial charge in [-0.05, 0) is 13.3 Å². The Morgan fingerprint density at radius 2 is 1.79 bits per heavy atom. The zero-order valence-corrected chi connectivity index (χ0v) is 16.9. The second-order valence-corrected chi connectivity index (χ2v) is 7.53. The molecule has 1 aromatic rings. The molecule has 1 aromatic heterocycles. The Balaban J connectivity index is 1.90. The van der Waals surface area contributed by atoms with E-state index in [2.05, 4.69) is 11.9 Å². The lowest BCUT2D eigenvalue weighted by Gasteiger charge is -2.22. The van der Waals surface area contributed by atoms with Crippen molar-refractivity contribution in [2.45, 2.75) is 89.8 Å². The van der Waals surface area contributed by atoms with Gasteiger partial charge in [-0.15, -0.1) is 0 Å². The second-order valence-electron chi connectivity index (χ2n) is 7.53. The molecule has 8 nitrogen and oxygen atoms in total. The first kappa shape index (κ1) is 22.8. The summed E-state index contributed by atoms with van der Waals surface area (Å²) in [5, 5.41) is 19.9. The van der Waals surface area contributed by atoms with Crippen LogP contribution in [0.25, 0.3) is 0 Å². The number of nitrogens with one attached hydrogen (secondary N) is 1. The Morgan fingerprint density at radius 3 is 2.43 bits per heavy atom. The molecule has 0 bridgehead atoms. The molecule has 2 heterocycles.